The molecule has 6 heteroatoms. The molecular formula is C13H15N3O2S. The SMILES string of the molecule is CCc1[nH]cc[n+]1C.N#Cc1ccc(S(=O)[O-])cc1. The summed E-state index contributed by atoms with van der Waals surface area (Å²) in [5.74, 6) is 1.27. The van der Waals surface area contributed by atoms with E-state index in [1.54, 1.807) is 0 Å². The first-order chi connectivity index (χ1) is 9.08. The molecule has 1 N–H and O–H groups in total. The summed E-state index contributed by atoms with van der Waals surface area (Å²) < 4.78 is 22.7. The summed E-state index contributed by atoms with van der Waals surface area (Å²) in [6.07, 6.45) is 5.03. The summed E-state index contributed by atoms with van der Waals surface area (Å²) in [6, 6.07) is 7.60. The molecule has 19 heavy (non-hydrogen) atoms. The fourth-order valence-corrected chi connectivity index (χ4v) is 1.79. The normalized spacial score (nSPS) is 11.1. The predicted molar refractivity (Wildman–Crippen MR) is 69.7 cm³/mol. The number of aryl methyl sites for hydroxylation is 2. The van der Waals surface area contributed by atoms with E-state index in [2.05, 4.69) is 16.5 Å². The van der Waals surface area contributed by atoms with Crippen molar-refractivity contribution in [3.05, 3.63) is 48.0 Å². The van der Waals surface area contributed by atoms with Gasteiger partial charge in [-0.25, -0.2) is 9.55 Å². The molecule has 5 nitrogen and oxygen atoms in total. The van der Waals surface area contributed by atoms with Gasteiger partial charge in [0.15, 0.2) is 0 Å². The lowest BCUT2D eigenvalue weighted by molar-refractivity contribution is -0.677. The highest BCUT2D eigenvalue weighted by Crippen LogP contribution is 2.05. The second kappa shape index (κ2) is 7.46. The van der Waals surface area contributed by atoms with Crippen LogP contribution in [0.25, 0.3) is 0 Å². The first kappa shape index (κ1) is 15.1. The molecule has 2 rings (SSSR count). The van der Waals surface area contributed by atoms with Crippen molar-refractivity contribution in [3.63, 3.8) is 0 Å². The third-order valence-electron chi connectivity index (χ3n) is 2.48. The van der Waals surface area contributed by atoms with Crippen LogP contribution in [0.1, 0.15) is 18.3 Å². The van der Waals surface area contributed by atoms with Crippen LogP contribution in [0.3, 0.4) is 0 Å². The Kier molecular flexibility index (Phi) is 5.93. The number of nitrogens with zero attached hydrogens (tertiary/aromatic N) is 2. The number of nitrogens with one attached hydrogen (secondary N) is 1. The van der Waals surface area contributed by atoms with Crippen molar-refractivity contribution < 1.29 is 13.3 Å². The quantitative estimate of drug-likeness (QED) is 0.661. The average molecular weight is 277 g/mol. The summed E-state index contributed by atoms with van der Waals surface area (Å²) in [7, 11) is 2.04. The molecule has 0 spiro atoms. The monoisotopic (exact) mass is 277 g/mol. The zero-order valence-electron chi connectivity index (χ0n) is 10.8. The van der Waals surface area contributed by atoms with E-state index in [1.165, 1.54) is 30.1 Å². The third-order valence-corrected chi connectivity index (χ3v) is 3.14. The predicted octanol–water partition coefficient (Wildman–Crippen LogP) is 1.20. The topological polar surface area (TPSA) is 83.6 Å². The lowest BCUT2D eigenvalue weighted by Gasteiger charge is -2.02. The Balaban J connectivity index is 0.000000200. The Hall–Kier alpha value is -1.97. The van der Waals surface area contributed by atoms with Crippen LogP contribution in [-0.4, -0.2) is 13.7 Å². The highest BCUT2D eigenvalue weighted by atomic mass is 32.2. The van der Waals surface area contributed by atoms with Gasteiger partial charge in [-0.15, -0.1) is 0 Å². The highest BCUT2D eigenvalue weighted by molar-refractivity contribution is 7.79. The molecule has 1 atom stereocenters. The van der Waals surface area contributed by atoms with Gasteiger partial charge in [-0.3, -0.25) is 4.21 Å². The Morgan fingerprint density at radius 2 is 2.05 bits per heavy atom. The Morgan fingerprint density at radius 3 is 2.37 bits per heavy atom. The molecule has 1 heterocycles. The van der Waals surface area contributed by atoms with E-state index in [0.717, 1.165) is 6.42 Å². The van der Waals surface area contributed by atoms with Crippen molar-refractivity contribution in [2.75, 3.05) is 0 Å². The zero-order chi connectivity index (χ0) is 14.3. The van der Waals surface area contributed by atoms with Crippen molar-refractivity contribution >= 4 is 11.1 Å². The number of hydrogen-bond donors (Lipinski definition) is 1. The number of H-pyrrole nitrogens is 1. The summed E-state index contributed by atoms with van der Waals surface area (Å²) in [5.41, 5.74) is 0.458. The fraction of sp³-hybridized carbons (Fsp3) is 0.231. The van der Waals surface area contributed by atoms with Crippen LogP contribution < -0.4 is 4.57 Å². The second-order valence-corrected chi connectivity index (χ2v) is 4.68. The van der Waals surface area contributed by atoms with Gasteiger partial charge in [0, 0.05) is 11.3 Å². The molecule has 1 unspecified atom stereocenters. The Labute approximate surface area is 114 Å². The van der Waals surface area contributed by atoms with Crippen LogP contribution in [0.15, 0.2) is 41.6 Å². The Morgan fingerprint density at radius 1 is 1.42 bits per heavy atom. The first-order valence-corrected chi connectivity index (χ1v) is 6.77. The van der Waals surface area contributed by atoms with E-state index >= 15 is 0 Å². The number of imidazole rings is 1. The first-order valence-electron chi connectivity index (χ1n) is 5.69. The Bertz CT molecular complexity index is 585. The molecular weight excluding hydrogens is 262 g/mol. The molecule has 1 aromatic heterocycles. The van der Waals surface area contributed by atoms with Crippen molar-refractivity contribution in [2.45, 2.75) is 18.2 Å². The summed E-state index contributed by atoms with van der Waals surface area (Å²) >= 11 is -2.20. The molecule has 0 saturated carbocycles. The summed E-state index contributed by atoms with van der Waals surface area (Å²) in [5, 5.41) is 8.36. The third kappa shape index (κ3) is 4.66. The van der Waals surface area contributed by atoms with Crippen molar-refractivity contribution in [2.24, 2.45) is 7.05 Å². The van der Waals surface area contributed by atoms with Crippen molar-refractivity contribution in [3.8, 4) is 6.07 Å². The van der Waals surface area contributed by atoms with E-state index < -0.39 is 11.1 Å². The standard InChI is InChI=1S/C7H5NO2S.C6H10N2/c8-5-6-1-3-7(4-2-6)11(9)10;1-3-6-7-4-5-8(6)2/h1-4H,(H,9,10);4-5H,3H2,1-2H3. The van der Waals surface area contributed by atoms with E-state index in [4.69, 9.17) is 5.26 Å². The van der Waals surface area contributed by atoms with Gasteiger partial charge in [0.25, 0.3) is 5.82 Å². The zero-order valence-corrected chi connectivity index (χ0v) is 11.6. The number of benzene rings is 1. The number of rotatable bonds is 2. The summed E-state index contributed by atoms with van der Waals surface area (Å²) in [4.78, 5) is 3.32. The molecule has 0 amide bonds. The second-order valence-electron chi connectivity index (χ2n) is 3.74. The minimum absolute atomic E-state index is 0.198. The maximum atomic E-state index is 10.3. The van der Waals surface area contributed by atoms with Gasteiger partial charge in [0.1, 0.15) is 12.4 Å². The van der Waals surface area contributed by atoms with Gasteiger partial charge in [0.05, 0.1) is 18.7 Å². The lowest BCUT2D eigenvalue weighted by atomic mass is 10.2. The maximum absolute atomic E-state index is 10.3. The molecule has 1 aromatic carbocycles. The van der Waals surface area contributed by atoms with Crippen molar-refractivity contribution in [1.82, 2.24) is 4.98 Å². The van der Waals surface area contributed by atoms with E-state index in [9.17, 15) is 8.76 Å². The van der Waals surface area contributed by atoms with Gasteiger partial charge in [0.2, 0.25) is 0 Å². The molecule has 0 fully saturated rings. The number of aromatic amines is 1. The molecule has 0 saturated heterocycles. The number of aromatic nitrogens is 2. The van der Waals surface area contributed by atoms with Crippen LogP contribution in [0.5, 0.6) is 0 Å². The van der Waals surface area contributed by atoms with Crippen LogP contribution in [0, 0.1) is 11.3 Å². The molecule has 0 aliphatic carbocycles. The van der Waals surface area contributed by atoms with E-state index in [-0.39, 0.29) is 4.90 Å². The van der Waals surface area contributed by atoms with Gasteiger partial charge in [-0.2, -0.15) is 5.26 Å². The molecule has 0 aliphatic heterocycles. The van der Waals surface area contributed by atoms with Gasteiger partial charge < -0.3 is 4.55 Å². The largest absolute Gasteiger partial charge is 0.768 e. The lowest BCUT2D eigenvalue weighted by Crippen LogP contribution is -2.29. The molecule has 100 valence electrons. The van der Waals surface area contributed by atoms with Crippen LogP contribution in [0.2, 0.25) is 0 Å². The molecule has 0 bridgehead atoms. The van der Waals surface area contributed by atoms with E-state index in [0.29, 0.717) is 5.56 Å². The smallest absolute Gasteiger partial charge is 0.253 e. The molecule has 2 aromatic rings. The van der Waals surface area contributed by atoms with Crippen LogP contribution >= 0.6 is 0 Å². The summed E-state index contributed by atoms with van der Waals surface area (Å²) in [6.45, 7) is 2.13. The van der Waals surface area contributed by atoms with Crippen LogP contribution in [-0.2, 0) is 24.5 Å². The van der Waals surface area contributed by atoms with Gasteiger partial charge in [-0.1, -0.05) is 6.92 Å². The minimum atomic E-state index is -2.20. The van der Waals surface area contributed by atoms with Gasteiger partial charge in [-0.05, 0) is 35.3 Å². The number of hydrogen-bond acceptors (Lipinski definition) is 3. The van der Waals surface area contributed by atoms with E-state index in [1.807, 2.05) is 25.5 Å². The minimum Gasteiger partial charge on any atom is -0.768 e. The van der Waals surface area contributed by atoms with Crippen LogP contribution in [0.4, 0.5) is 0 Å². The highest BCUT2D eigenvalue weighted by Gasteiger charge is 1.99. The average Bonchev–Trinajstić information content (AvgIpc) is 2.85. The number of nitriles is 1. The molecule has 0 aliphatic rings. The maximum Gasteiger partial charge on any atom is 0.253 e. The fourth-order valence-electron chi connectivity index (χ4n) is 1.43. The van der Waals surface area contributed by atoms with Crippen molar-refractivity contribution in [1.29, 1.82) is 5.26 Å². The van der Waals surface area contributed by atoms with Gasteiger partial charge >= 0.3 is 0 Å². The molecule has 0 radical (unpaired) electrons.